The van der Waals surface area contributed by atoms with Crippen LogP contribution in [0.4, 0.5) is 0 Å². The normalized spacial score (nSPS) is 19.7. The molecule has 0 atom stereocenters. The molecule has 1 saturated carbocycles. The zero-order chi connectivity index (χ0) is 13.1. The number of piperidine rings is 1. The van der Waals surface area contributed by atoms with Crippen LogP contribution in [0.2, 0.25) is 0 Å². The van der Waals surface area contributed by atoms with E-state index in [0.717, 1.165) is 38.4 Å². The molecule has 1 aromatic rings. The second-order valence-corrected chi connectivity index (χ2v) is 5.51. The highest BCUT2D eigenvalue weighted by atomic mass is 35.5. The van der Waals surface area contributed by atoms with Crippen molar-refractivity contribution in [3.8, 4) is 0 Å². The van der Waals surface area contributed by atoms with Crippen LogP contribution in [-0.4, -0.2) is 56.7 Å². The second kappa shape index (κ2) is 6.99. The maximum atomic E-state index is 12.0. The van der Waals surface area contributed by atoms with E-state index in [1.165, 1.54) is 23.9 Å². The van der Waals surface area contributed by atoms with Crippen molar-refractivity contribution >= 4 is 18.3 Å². The van der Waals surface area contributed by atoms with Crippen molar-refractivity contribution in [2.24, 2.45) is 5.92 Å². The summed E-state index contributed by atoms with van der Waals surface area (Å²) in [4.78, 5) is 14.0. The molecule has 1 aliphatic carbocycles. The van der Waals surface area contributed by atoms with Crippen molar-refractivity contribution < 1.29 is 4.79 Å². The summed E-state index contributed by atoms with van der Waals surface area (Å²) in [5, 5.41) is 14.4. The lowest BCUT2D eigenvalue weighted by atomic mass is 10.0. The summed E-state index contributed by atoms with van der Waals surface area (Å²) >= 11 is 0. The lowest BCUT2D eigenvalue weighted by Crippen LogP contribution is -2.46. The topological polar surface area (TPSA) is 75.9 Å². The Balaban J connectivity index is 0.00000147. The fraction of sp³-hybridized carbons (Fsp3) is 0.833. The van der Waals surface area contributed by atoms with Gasteiger partial charge in [-0.2, -0.15) is 0 Å². The number of nitrogens with zero attached hydrogens (tertiary/aromatic N) is 5. The molecule has 8 heteroatoms. The van der Waals surface area contributed by atoms with Gasteiger partial charge in [-0.15, -0.1) is 17.5 Å². The van der Waals surface area contributed by atoms with E-state index in [-0.39, 0.29) is 24.9 Å². The number of amides is 1. The molecule has 1 amide bonds. The van der Waals surface area contributed by atoms with E-state index in [4.69, 9.17) is 0 Å². The fourth-order valence-electron chi connectivity index (χ4n) is 2.48. The molecule has 20 heavy (non-hydrogen) atoms. The zero-order valence-corrected chi connectivity index (χ0v) is 12.3. The minimum atomic E-state index is 0. The van der Waals surface area contributed by atoms with Crippen molar-refractivity contribution in [2.75, 3.05) is 19.6 Å². The predicted molar refractivity (Wildman–Crippen MR) is 75.4 cm³/mol. The van der Waals surface area contributed by atoms with E-state index in [0.29, 0.717) is 6.04 Å². The molecule has 112 valence electrons. The van der Waals surface area contributed by atoms with Gasteiger partial charge >= 0.3 is 0 Å². The SMILES string of the molecule is Cl.O=C(Cn1cnnn1)N1CCC(NCC2CC2)CC1. The Kier molecular flexibility index (Phi) is 5.31. The summed E-state index contributed by atoms with van der Waals surface area (Å²) < 4.78 is 1.47. The smallest absolute Gasteiger partial charge is 0.244 e. The number of halogens is 1. The van der Waals surface area contributed by atoms with Gasteiger partial charge in [-0.3, -0.25) is 4.79 Å². The van der Waals surface area contributed by atoms with Crippen LogP contribution < -0.4 is 5.32 Å². The van der Waals surface area contributed by atoms with Crippen molar-refractivity contribution in [2.45, 2.75) is 38.3 Å². The Labute approximate surface area is 124 Å². The van der Waals surface area contributed by atoms with Gasteiger partial charge in [0.25, 0.3) is 0 Å². The van der Waals surface area contributed by atoms with E-state index in [9.17, 15) is 4.79 Å². The first-order chi connectivity index (χ1) is 9.31. The van der Waals surface area contributed by atoms with Gasteiger partial charge in [0.15, 0.2) is 0 Å². The van der Waals surface area contributed by atoms with Gasteiger partial charge < -0.3 is 10.2 Å². The molecule has 1 aromatic heterocycles. The molecule has 2 aliphatic rings. The standard InChI is InChI=1S/C12H20N6O.ClH/c19-12(8-18-9-14-15-16-18)17-5-3-11(4-6-17)13-7-10-1-2-10;/h9-11,13H,1-8H2;1H. The number of nitrogens with one attached hydrogen (secondary N) is 1. The highest BCUT2D eigenvalue weighted by Crippen LogP contribution is 2.28. The molecule has 0 aromatic carbocycles. The third-order valence-corrected chi connectivity index (χ3v) is 3.93. The minimum Gasteiger partial charge on any atom is -0.341 e. The molecule has 0 radical (unpaired) electrons. The number of rotatable bonds is 5. The molecule has 1 N–H and O–H groups in total. The van der Waals surface area contributed by atoms with E-state index >= 15 is 0 Å². The lowest BCUT2D eigenvalue weighted by Gasteiger charge is -2.32. The van der Waals surface area contributed by atoms with Gasteiger partial charge in [-0.1, -0.05) is 0 Å². The summed E-state index contributed by atoms with van der Waals surface area (Å²) in [6.45, 7) is 3.07. The summed E-state index contributed by atoms with van der Waals surface area (Å²) in [6, 6.07) is 0.581. The van der Waals surface area contributed by atoms with Crippen molar-refractivity contribution in [3.63, 3.8) is 0 Å². The summed E-state index contributed by atoms with van der Waals surface area (Å²) in [5.41, 5.74) is 0. The summed E-state index contributed by atoms with van der Waals surface area (Å²) in [7, 11) is 0. The monoisotopic (exact) mass is 300 g/mol. The van der Waals surface area contributed by atoms with Crippen molar-refractivity contribution in [1.29, 1.82) is 0 Å². The summed E-state index contributed by atoms with van der Waals surface area (Å²) in [6.07, 6.45) is 6.34. The number of likely N-dealkylation sites (tertiary alicyclic amines) is 1. The molecule has 0 unspecified atom stereocenters. The predicted octanol–water partition coefficient (Wildman–Crippen LogP) is 0.0855. The largest absolute Gasteiger partial charge is 0.341 e. The number of hydrogen-bond donors (Lipinski definition) is 1. The molecule has 0 bridgehead atoms. The molecule has 1 aliphatic heterocycles. The third-order valence-electron chi connectivity index (χ3n) is 3.93. The molecule has 2 heterocycles. The van der Waals surface area contributed by atoms with E-state index in [1.807, 2.05) is 4.90 Å². The molecule has 1 saturated heterocycles. The second-order valence-electron chi connectivity index (χ2n) is 5.51. The van der Waals surface area contributed by atoms with Gasteiger partial charge in [0.05, 0.1) is 0 Å². The van der Waals surface area contributed by atoms with Crippen LogP contribution in [-0.2, 0) is 11.3 Å². The average Bonchev–Trinajstić information content (AvgIpc) is 3.13. The first-order valence-electron chi connectivity index (χ1n) is 7.03. The van der Waals surface area contributed by atoms with E-state index < -0.39 is 0 Å². The average molecular weight is 301 g/mol. The Hall–Kier alpha value is -1.21. The number of carbonyl (C=O) groups excluding carboxylic acids is 1. The zero-order valence-electron chi connectivity index (χ0n) is 11.4. The first kappa shape index (κ1) is 15.2. The lowest BCUT2D eigenvalue weighted by molar-refractivity contribution is -0.133. The van der Waals surface area contributed by atoms with Crippen LogP contribution in [0.15, 0.2) is 6.33 Å². The van der Waals surface area contributed by atoms with Crippen LogP contribution in [0, 0.1) is 5.92 Å². The Morgan fingerprint density at radius 3 is 2.60 bits per heavy atom. The molecule has 0 spiro atoms. The molecule has 7 nitrogen and oxygen atoms in total. The van der Waals surface area contributed by atoms with Crippen LogP contribution in [0.1, 0.15) is 25.7 Å². The van der Waals surface area contributed by atoms with Crippen molar-refractivity contribution in [1.82, 2.24) is 30.4 Å². The molecule has 3 rings (SSSR count). The van der Waals surface area contributed by atoms with Crippen LogP contribution in [0.5, 0.6) is 0 Å². The number of carbonyl (C=O) groups is 1. The van der Waals surface area contributed by atoms with Crippen LogP contribution >= 0.6 is 12.4 Å². The number of aromatic nitrogens is 4. The van der Waals surface area contributed by atoms with Gasteiger partial charge in [0.1, 0.15) is 12.9 Å². The van der Waals surface area contributed by atoms with Crippen LogP contribution in [0.25, 0.3) is 0 Å². The summed E-state index contributed by atoms with van der Waals surface area (Å²) in [5.74, 6) is 1.02. The van der Waals surface area contributed by atoms with E-state index in [2.05, 4.69) is 20.8 Å². The molecule has 2 fully saturated rings. The van der Waals surface area contributed by atoms with Crippen molar-refractivity contribution in [3.05, 3.63) is 6.33 Å². The van der Waals surface area contributed by atoms with Gasteiger partial charge in [-0.05, 0) is 48.6 Å². The Morgan fingerprint density at radius 1 is 1.25 bits per heavy atom. The quantitative estimate of drug-likeness (QED) is 0.834. The number of tetrazole rings is 1. The first-order valence-corrected chi connectivity index (χ1v) is 7.03. The van der Waals surface area contributed by atoms with E-state index in [1.54, 1.807) is 0 Å². The highest BCUT2D eigenvalue weighted by molar-refractivity contribution is 5.85. The molecular formula is C12H21ClN6O. The molecular weight excluding hydrogens is 280 g/mol. The fourth-order valence-corrected chi connectivity index (χ4v) is 2.48. The Bertz CT molecular complexity index is 414. The maximum absolute atomic E-state index is 12.0. The van der Waals surface area contributed by atoms with Gasteiger partial charge in [0.2, 0.25) is 5.91 Å². The highest BCUT2D eigenvalue weighted by Gasteiger charge is 2.25. The number of hydrogen-bond acceptors (Lipinski definition) is 5. The van der Waals surface area contributed by atoms with Crippen LogP contribution in [0.3, 0.4) is 0 Å². The Morgan fingerprint density at radius 2 is 2.00 bits per heavy atom. The maximum Gasteiger partial charge on any atom is 0.244 e. The van der Waals surface area contributed by atoms with Gasteiger partial charge in [-0.25, -0.2) is 4.68 Å². The minimum absolute atomic E-state index is 0. The third kappa shape index (κ3) is 4.14. The van der Waals surface area contributed by atoms with Gasteiger partial charge in [0, 0.05) is 19.1 Å².